The Labute approximate surface area is 155 Å². The number of hydrogen-bond acceptors (Lipinski definition) is 3. The van der Waals surface area contributed by atoms with E-state index >= 15 is 0 Å². The van der Waals surface area contributed by atoms with Crippen LogP contribution in [0.2, 0.25) is 0 Å². The molecule has 5 nitrogen and oxygen atoms in total. The first-order chi connectivity index (χ1) is 12.5. The van der Waals surface area contributed by atoms with E-state index in [1.54, 1.807) is 13.0 Å². The van der Waals surface area contributed by atoms with E-state index in [1.807, 2.05) is 0 Å². The molecular weight excluding hydrogens is 328 g/mol. The molecule has 1 aromatic carbocycles. The molecule has 142 valence electrons. The van der Waals surface area contributed by atoms with Gasteiger partial charge in [-0.15, -0.1) is 0 Å². The molecule has 0 saturated heterocycles. The summed E-state index contributed by atoms with van der Waals surface area (Å²) in [5.74, 6) is 0. The lowest BCUT2D eigenvalue weighted by Crippen LogP contribution is -2.12. The van der Waals surface area contributed by atoms with Crippen molar-refractivity contribution in [2.45, 2.75) is 78.1 Å². The first-order valence-electron chi connectivity index (χ1n) is 9.84. The number of non-ortho nitro benzene ring substituents is 1. The Kier molecular flexibility index (Phi) is 7.82. The molecule has 0 unspecified atom stereocenters. The number of nitrogens with zero attached hydrogens (tertiary/aromatic N) is 1. The summed E-state index contributed by atoms with van der Waals surface area (Å²) >= 11 is 0. The van der Waals surface area contributed by atoms with E-state index in [9.17, 15) is 14.9 Å². The van der Waals surface area contributed by atoms with E-state index in [2.05, 4.69) is 11.9 Å². The van der Waals surface area contributed by atoms with E-state index in [4.69, 9.17) is 0 Å². The number of fused-ring (bicyclic) bond motifs is 1. The van der Waals surface area contributed by atoms with Crippen molar-refractivity contribution in [2.75, 3.05) is 0 Å². The summed E-state index contributed by atoms with van der Waals surface area (Å²) in [7, 11) is 0. The van der Waals surface area contributed by atoms with Crippen molar-refractivity contribution >= 4 is 16.6 Å². The zero-order chi connectivity index (χ0) is 18.9. The van der Waals surface area contributed by atoms with Crippen molar-refractivity contribution in [3.63, 3.8) is 0 Å². The van der Waals surface area contributed by atoms with Gasteiger partial charge in [0, 0.05) is 28.9 Å². The predicted octanol–water partition coefficient (Wildman–Crippen LogP) is 5.82. The number of nitrogens with one attached hydrogen (secondary N) is 1. The maximum absolute atomic E-state index is 12.5. The molecule has 0 fully saturated rings. The highest BCUT2D eigenvalue weighted by Crippen LogP contribution is 2.19. The smallest absolute Gasteiger partial charge is 0.270 e. The van der Waals surface area contributed by atoms with Gasteiger partial charge in [-0.25, -0.2) is 0 Å². The van der Waals surface area contributed by atoms with E-state index < -0.39 is 4.92 Å². The minimum Gasteiger partial charge on any atom is -0.358 e. The van der Waals surface area contributed by atoms with Crippen LogP contribution in [0.25, 0.3) is 10.9 Å². The van der Waals surface area contributed by atoms with Gasteiger partial charge in [0.25, 0.3) is 5.69 Å². The second-order valence-electron chi connectivity index (χ2n) is 7.12. The summed E-state index contributed by atoms with van der Waals surface area (Å²) in [6, 6.07) is 4.44. The second kappa shape index (κ2) is 10.1. The lowest BCUT2D eigenvalue weighted by Gasteiger charge is -2.08. The fraction of sp³-hybridized carbons (Fsp3) is 0.571. The Bertz CT molecular complexity index is 796. The number of pyridine rings is 1. The highest BCUT2D eigenvalue weighted by Gasteiger charge is 2.12. The number of rotatable bonds is 11. The molecule has 2 rings (SSSR count). The first kappa shape index (κ1) is 20.1. The van der Waals surface area contributed by atoms with Crippen molar-refractivity contribution in [2.24, 2.45) is 0 Å². The molecule has 0 spiro atoms. The van der Waals surface area contributed by atoms with Gasteiger partial charge >= 0.3 is 0 Å². The molecule has 0 aliphatic rings. The van der Waals surface area contributed by atoms with Crippen molar-refractivity contribution in [3.8, 4) is 0 Å². The number of benzene rings is 1. The topological polar surface area (TPSA) is 76.0 Å². The number of nitro groups is 1. The quantitative estimate of drug-likeness (QED) is 0.312. The summed E-state index contributed by atoms with van der Waals surface area (Å²) < 4.78 is 0. The van der Waals surface area contributed by atoms with Gasteiger partial charge in [0.2, 0.25) is 0 Å². The van der Waals surface area contributed by atoms with Crippen LogP contribution in [-0.2, 0) is 6.42 Å². The van der Waals surface area contributed by atoms with Crippen LogP contribution in [0.5, 0.6) is 0 Å². The van der Waals surface area contributed by atoms with Crippen LogP contribution in [0.3, 0.4) is 0 Å². The first-order valence-corrected chi connectivity index (χ1v) is 9.84. The van der Waals surface area contributed by atoms with Crippen LogP contribution in [-0.4, -0.2) is 9.91 Å². The highest BCUT2D eigenvalue weighted by atomic mass is 16.6. The van der Waals surface area contributed by atoms with Gasteiger partial charge in [0.15, 0.2) is 5.43 Å². The third-order valence-corrected chi connectivity index (χ3v) is 5.07. The molecule has 0 radical (unpaired) electrons. The summed E-state index contributed by atoms with van der Waals surface area (Å²) in [6.07, 6.45) is 12.3. The Morgan fingerprint density at radius 1 is 1.00 bits per heavy atom. The lowest BCUT2D eigenvalue weighted by molar-refractivity contribution is -0.384. The average Bonchev–Trinajstić information content (AvgIpc) is 2.63. The van der Waals surface area contributed by atoms with Crippen LogP contribution < -0.4 is 5.43 Å². The molecule has 0 amide bonds. The Balaban J connectivity index is 1.90. The Hall–Kier alpha value is -2.17. The number of aromatic amines is 1. The molecule has 0 saturated carbocycles. The largest absolute Gasteiger partial charge is 0.358 e. The number of unbranched alkanes of at least 4 members (excludes halogenated alkanes) is 8. The maximum Gasteiger partial charge on any atom is 0.270 e. The molecule has 2 aromatic rings. The zero-order valence-corrected chi connectivity index (χ0v) is 16.0. The number of hydrogen-bond donors (Lipinski definition) is 1. The molecule has 1 heterocycles. The predicted molar refractivity (Wildman–Crippen MR) is 107 cm³/mol. The fourth-order valence-electron chi connectivity index (χ4n) is 3.40. The van der Waals surface area contributed by atoms with Crippen molar-refractivity contribution in [1.82, 2.24) is 4.98 Å². The monoisotopic (exact) mass is 358 g/mol. The van der Waals surface area contributed by atoms with E-state index in [1.165, 1.54) is 63.5 Å². The molecule has 0 aliphatic carbocycles. The highest BCUT2D eigenvalue weighted by molar-refractivity contribution is 5.81. The van der Waals surface area contributed by atoms with E-state index in [0.29, 0.717) is 16.5 Å². The molecule has 1 N–H and O–H groups in total. The van der Waals surface area contributed by atoms with Crippen molar-refractivity contribution < 1.29 is 4.92 Å². The zero-order valence-electron chi connectivity index (χ0n) is 16.0. The maximum atomic E-state index is 12.5. The number of aromatic nitrogens is 1. The minimum atomic E-state index is -0.468. The van der Waals surface area contributed by atoms with Crippen LogP contribution >= 0.6 is 0 Å². The van der Waals surface area contributed by atoms with Gasteiger partial charge in [-0.3, -0.25) is 14.9 Å². The summed E-state index contributed by atoms with van der Waals surface area (Å²) in [5.41, 5.74) is 2.16. The normalized spacial score (nSPS) is 11.2. The summed E-state index contributed by atoms with van der Waals surface area (Å²) in [6.45, 7) is 4.04. The van der Waals surface area contributed by atoms with Gasteiger partial charge in [-0.2, -0.15) is 0 Å². The second-order valence-corrected chi connectivity index (χ2v) is 7.12. The fourth-order valence-corrected chi connectivity index (χ4v) is 3.40. The van der Waals surface area contributed by atoms with E-state index in [-0.39, 0.29) is 11.1 Å². The summed E-state index contributed by atoms with van der Waals surface area (Å²) in [5, 5.41) is 11.3. The van der Waals surface area contributed by atoms with Gasteiger partial charge < -0.3 is 4.98 Å². The average molecular weight is 358 g/mol. The van der Waals surface area contributed by atoms with Crippen molar-refractivity contribution in [3.05, 3.63) is 49.8 Å². The third-order valence-electron chi connectivity index (χ3n) is 5.07. The van der Waals surface area contributed by atoms with E-state index in [0.717, 1.165) is 18.5 Å². The SMILES string of the molecule is CCCCCCCCCCCc1[nH]c2ccc([N+](=O)[O-])cc2c(=O)c1C. The minimum absolute atomic E-state index is 0.0471. The Morgan fingerprint density at radius 2 is 1.62 bits per heavy atom. The van der Waals surface area contributed by atoms with Gasteiger partial charge in [0.05, 0.1) is 10.3 Å². The number of nitro benzene ring substituents is 1. The Morgan fingerprint density at radius 3 is 2.23 bits per heavy atom. The molecule has 0 bridgehead atoms. The number of aryl methyl sites for hydroxylation is 1. The van der Waals surface area contributed by atoms with Crippen LogP contribution in [0.15, 0.2) is 23.0 Å². The van der Waals surface area contributed by atoms with Crippen molar-refractivity contribution in [1.29, 1.82) is 0 Å². The standard InChI is InChI=1S/C21H30N2O3/c1-3-4-5-6-7-8-9-10-11-12-19-16(2)21(24)18-15-17(23(25)26)13-14-20(18)22-19/h13-15H,3-12H2,1-2H3,(H,22,24). The summed E-state index contributed by atoms with van der Waals surface area (Å²) in [4.78, 5) is 26.3. The van der Waals surface area contributed by atoms with Crippen LogP contribution in [0, 0.1) is 17.0 Å². The molecule has 1 aromatic heterocycles. The van der Waals surface area contributed by atoms with Gasteiger partial charge in [-0.1, -0.05) is 58.3 Å². The number of H-pyrrole nitrogens is 1. The van der Waals surface area contributed by atoms with Crippen LogP contribution in [0.1, 0.15) is 76.0 Å². The molecule has 0 aliphatic heterocycles. The lowest BCUT2D eigenvalue weighted by atomic mass is 10.0. The van der Waals surface area contributed by atoms with Gasteiger partial charge in [-0.05, 0) is 25.8 Å². The third kappa shape index (κ3) is 5.41. The molecule has 26 heavy (non-hydrogen) atoms. The van der Waals surface area contributed by atoms with Crippen LogP contribution in [0.4, 0.5) is 5.69 Å². The molecule has 5 heteroatoms. The van der Waals surface area contributed by atoms with Gasteiger partial charge in [0.1, 0.15) is 0 Å². The molecular formula is C21H30N2O3. The molecule has 0 atom stereocenters.